The van der Waals surface area contributed by atoms with Crippen molar-refractivity contribution in [3.63, 3.8) is 0 Å². The van der Waals surface area contributed by atoms with Crippen LogP contribution in [0.1, 0.15) is 59.9 Å². The van der Waals surface area contributed by atoms with Gasteiger partial charge in [-0.05, 0) is 103 Å². The fraction of sp³-hybridized carbons (Fsp3) is 0.526. The Bertz CT molecular complexity index is 1690. The third-order valence-electron chi connectivity index (χ3n) is 8.94. The van der Waals surface area contributed by atoms with E-state index in [1.807, 2.05) is 66.1 Å². The summed E-state index contributed by atoms with van der Waals surface area (Å²) in [6, 6.07) is 13.7. The van der Waals surface area contributed by atoms with E-state index in [-0.39, 0.29) is 22.8 Å². The fourth-order valence-electron chi connectivity index (χ4n) is 6.30. The lowest BCUT2D eigenvalue weighted by Gasteiger charge is -2.36. The molecule has 2 aromatic carbocycles. The molecule has 13 heteroatoms. The number of aromatic nitrogens is 1. The molecule has 3 saturated heterocycles. The Hall–Kier alpha value is -4.94. The molecule has 0 spiro atoms. The van der Waals surface area contributed by atoms with E-state index in [9.17, 15) is 19.7 Å². The van der Waals surface area contributed by atoms with Crippen LogP contribution in [-0.4, -0.2) is 113 Å². The molecule has 3 aliphatic rings. The molecule has 1 aromatic heterocycles. The molecule has 0 aliphatic carbocycles. The Labute approximate surface area is 300 Å². The molecule has 51 heavy (non-hydrogen) atoms. The molecule has 3 aliphatic heterocycles. The van der Waals surface area contributed by atoms with Crippen LogP contribution in [0, 0.1) is 10.1 Å². The second-order valence-electron chi connectivity index (χ2n) is 15.2. The topological polar surface area (TPSA) is 128 Å². The second kappa shape index (κ2) is 15.9. The zero-order valence-corrected chi connectivity index (χ0v) is 30.9. The molecule has 0 saturated carbocycles. The summed E-state index contributed by atoms with van der Waals surface area (Å²) in [5.74, 6) is 0. The molecule has 1 N–H and O–H groups in total. The molecule has 2 amide bonds. The number of nitrogens with zero attached hydrogens (tertiary/aromatic N) is 6. The number of rotatable bonds is 5. The first-order valence-corrected chi connectivity index (χ1v) is 17.9. The Morgan fingerprint density at radius 3 is 1.75 bits per heavy atom. The lowest BCUT2D eigenvalue weighted by atomic mass is 10.1. The van der Waals surface area contributed by atoms with Crippen LogP contribution in [-0.2, 0) is 9.47 Å². The summed E-state index contributed by atoms with van der Waals surface area (Å²) in [6.07, 6.45) is 7.56. The van der Waals surface area contributed by atoms with Crippen LogP contribution >= 0.6 is 0 Å². The highest BCUT2D eigenvalue weighted by molar-refractivity contribution is 5.83. The predicted octanol–water partition coefficient (Wildman–Crippen LogP) is 6.94. The number of anilines is 2. The number of benzene rings is 2. The van der Waals surface area contributed by atoms with Crippen LogP contribution in [0.15, 0.2) is 54.9 Å². The Balaban J connectivity index is 0.000000205. The average molecular weight is 704 g/mol. The summed E-state index contributed by atoms with van der Waals surface area (Å²) in [7, 11) is 0. The van der Waals surface area contributed by atoms with Gasteiger partial charge < -0.3 is 39.0 Å². The van der Waals surface area contributed by atoms with E-state index < -0.39 is 11.2 Å². The van der Waals surface area contributed by atoms with Gasteiger partial charge in [0.25, 0.3) is 5.69 Å². The van der Waals surface area contributed by atoms with Crippen molar-refractivity contribution in [2.24, 2.45) is 0 Å². The highest BCUT2D eigenvalue weighted by Crippen LogP contribution is 2.28. The Morgan fingerprint density at radius 1 is 0.725 bits per heavy atom. The third kappa shape index (κ3) is 10.5. The van der Waals surface area contributed by atoms with Crippen LogP contribution < -0.4 is 9.80 Å². The van der Waals surface area contributed by atoms with Gasteiger partial charge in [-0.15, -0.1) is 0 Å². The zero-order chi connectivity index (χ0) is 36.8. The molecule has 3 aromatic rings. The summed E-state index contributed by atoms with van der Waals surface area (Å²) in [6.45, 7) is 18.7. The number of H-pyrrole nitrogens is 1. The molecule has 0 bridgehead atoms. The van der Waals surface area contributed by atoms with Gasteiger partial charge >= 0.3 is 12.2 Å². The SMILES string of the molecule is CC(C)(C)OC(=O)N1CCN(c2ccc([N+](=O)[O-])c(/C=C/N3CCCC3)c2)CC1.CC(C)(C)OC(=O)N1CCN(c2ccc3[nH]ccc3c2)CC1. The number of ether oxygens (including phenoxy) is 2. The van der Waals surface area contributed by atoms with E-state index in [0.29, 0.717) is 44.8 Å². The number of hydrogen-bond donors (Lipinski definition) is 1. The van der Waals surface area contributed by atoms with Gasteiger partial charge in [0.05, 0.1) is 10.5 Å². The first-order valence-electron chi connectivity index (χ1n) is 17.9. The van der Waals surface area contributed by atoms with Crippen molar-refractivity contribution >= 4 is 46.2 Å². The highest BCUT2D eigenvalue weighted by Gasteiger charge is 2.28. The Kier molecular flexibility index (Phi) is 11.7. The number of nitro groups is 1. The van der Waals surface area contributed by atoms with Gasteiger partial charge in [0.15, 0.2) is 0 Å². The van der Waals surface area contributed by atoms with Crippen molar-refractivity contribution in [2.45, 2.75) is 65.6 Å². The van der Waals surface area contributed by atoms with Crippen LogP contribution in [0.2, 0.25) is 0 Å². The molecule has 0 atom stereocenters. The van der Waals surface area contributed by atoms with E-state index in [0.717, 1.165) is 50.2 Å². The fourth-order valence-corrected chi connectivity index (χ4v) is 6.30. The van der Waals surface area contributed by atoms with Gasteiger partial charge in [-0.3, -0.25) is 10.1 Å². The lowest BCUT2D eigenvalue weighted by Crippen LogP contribution is -2.50. The molecule has 0 unspecified atom stereocenters. The lowest BCUT2D eigenvalue weighted by molar-refractivity contribution is -0.385. The minimum atomic E-state index is -0.511. The van der Waals surface area contributed by atoms with Gasteiger partial charge in [-0.2, -0.15) is 0 Å². The second-order valence-corrected chi connectivity index (χ2v) is 15.2. The maximum Gasteiger partial charge on any atom is 0.410 e. The molecule has 4 heterocycles. The van der Waals surface area contributed by atoms with Crippen LogP contribution in [0.5, 0.6) is 0 Å². The number of piperazine rings is 2. The van der Waals surface area contributed by atoms with Crippen molar-refractivity contribution in [2.75, 3.05) is 75.2 Å². The van der Waals surface area contributed by atoms with E-state index in [4.69, 9.17) is 9.47 Å². The molecule has 3 fully saturated rings. The van der Waals surface area contributed by atoms with Gasteiger partial charge in [-0.1, -0.05) is 0 Å². The maximum atomic E-state index is 12.2. The maximum absolute atomic E-state index is 12.2. The summed E-state index contributed by atoms with van der Waals surface area (Å²) in [5, 5.41) is 12.6. The van der Waals surface area contributed by atoms with Gasteiger partial charge in [0.2, 0.25) is 0 Å². The Morgan fingerprint density at radius 2 is 1.24 bits per heavy atom. The summed E-state index contributed by atoms with van der Waals surface area (Å²) >= 11 is 0. The van der Waals surface area contributed by atoms with Crippen molar-refractivity contribution in [1.82, 2.24) is 19.7 Å². The first kappa shape index (κ1) is 37.3. The molecular formula is C38H53N7O6. The number of carbonyl (C=O) groups excluding carboxylic acids is 2. The summed E-state index contributed by atoms with van der Waals surface area (Å²) in [4.78, 5) is 48.8. The number of aromatic amines is 1. The number of fused-ring (bicyclic) bond motifs is 1. The van der Waals surface area contributed by atoms with Crippen molar-refractivity contribution in [3.8, 4) is 0 Å². The number of amides is 2. The number of likely N-dealkylation sites (tertiary alicyclic amines) is 1. The van der Waals surface area contributed by atoms with Crippen molar-refractivity contribution in [3.05, 3.63) is 70.5 Å². The molecular weight excluding hydrogens is 650 g/mol. The minimum Gasteiger partial charge on any atom is -0.444 e. The van der Waals surface area contributed by atoms with Crippen LogP contribution in [0.25, 0.3) is 17.0 Å². The van der Waals surface area contributed by atoms with Gasteiger partial charge in [0.1, 0.15) is 11.2 Å². The standard InChI is InChI=1S/C21H30N4O4.C17H23N3O2/c1-21(2,3)29-20(26)24-14-12-23(13-15-24)18-6-7-19(25(27)28)17(16-18)8-11-22-9-4-5-10-22;1-17(2,3)22-16(21)20-10-8-19(9-11-20)14-4-5-15-13(12-14)6-7-18-15/h6-8,11,16H,4-5,9-10,12-15H2,1-3H3;4-7,12,18H,8-11H2,1-3H3/b11-8+;. The van der Waals surface area contributed by atoms with E-state index in [1.165, 1.54) is 11.1 Å². The number of hydrogen-bond acceptors (Lipinski definition) is 9. The van der Waals surface area contributed by atoms with Crippen molar-refractivity contribution in [1.29, 1.82) is 0 Å². The quantitative estimate of drug-likeness (QED) is 0.222. The van der Waals surface area contributed by atoms with Gasteiger partial charge in [-0.25, -0.2) is 9.59 Å². The highest BCUT2D eigenvalue weighted by atomic mass is 16.6. The number of nitrogens with one attached hydrogen (secondary N) is 1. The molecule has 13 nitrogen and oxygen atoms in total. The molecule has 6 rings (SSSR count). The molecule has 0 radical (unpaired) electrons. The summed E-state index contributed by atoms with van der Waals surface area (Å²) in [5.41, 5.74) is 3.05. The average Bonchev–Trinajstić information content (AvgIpc) is 3.78. The van der Waals surface area contributed by atoms with Crippen LogP contribution in [0.3, 0.4) is 0 Å². The number of carbonyl (C=O) groups is 2. The van der Waals surface area contributed by atoms with E-state index >= 15 is 0 Å². The van der Waals surface area contributed by atoms with Gasteiger partial charge in [0, 0.05) is 100.0 Å². The van der Waals surface area contributed by atoms with Crippen molar-refractivity contribution < 1.29 is 24.0 Å². The monoisotopic (exact) mass is 703 g/mol. The van der Waals surface area contributed by atoms with E-state index in [1.54, 1.807) is 21.9 Å². The molecule has 276 valence electrons. The third-order valence-corrected chi connectivity index (χ3v) is 8.94. The largest absolute Gasteiger partial charge is 0.444 e. The van der Waals surface area contributed by atoms with E-state index in [2.05, 4.69) is 43.9 Å². The first-order chi connectivity index (χ1) is 24.1. The van der Waals surface area contributed by atoms with Crippen LogP contribution in [0.4, 0.5) is 26.7 Å². The number of nitro benzene ring substituents is 1. The smallest absolute Gasteiger partial charge is 0.410 e. The minimum absolute atomic E-state index is 0.108. The summed E-state index contributed by atoms with van der Waals surface area (Å²) < 4.78 is 10.9. The predicted molar refractivity (Wildman–Crippen MR) is 201 cm³/mol. The zero-order valence-electron chi connectivity index (χ0n) is 30.9. The normalized spacial score (nSPS) is 17.1.